The SMILES string of the molecule is CN(C)C(=O)[C@@H]1CC[C@H](c2ccccc2)N1C(=O)OC(C)(C)C. The number of nitrogens with zero attached hydrogens (tertiary/aromatic N) is 2. The molecule has 1 aromatic carbocycles. The van der Waals surface area contributed by atoms with Crippen LogP contribution in [0, 0.1) is 0 Å². The van der Waals surface area contributed by atoms with Crippen molar-refractivity contribution in [3.05, 3.63) is 35.9 Å². The minimum absolute atomic E-state index is 0.0608. The number of hydrogen-bond donors (Lipinski definition) is 0. The molecule has 5 nitrogen and oxygen atoms in total. The maximum Gasteiger partial charge on any atom is 0.411 e. The molecule has 0 aromatic heterocycles. The fourth-order valence-corrected chi connectivity index (χ4v) is 2.92. The van der Waals surface area contributed by atoms with Crippen molar-refractivity contribution < 1.29 is 14.3 Å². The van der Waals surface area contributed by atoms with E-state index in [2.05, 4.69) is 0 Å². The van der Waals surface area contributed by atoms with Crippen LogP contribution in [0.15, 0.2) is 30.3 Å². The maximum absolute atomic E-state index is 12.7. The Morgan fingerprint density at radius 2 is 1.74 bits per heavy atom. The second-order valence-electron chi connectivity index (χ2n) is 7.14. The zero-order chi connectivity index (χ0) is 17.2. The molecule has 1 aliphatic heterocycles. The number of benzene rings is 1. The van der Waals surface area contributed by atoms with Crippen molar-refractivity contribution in [2.24, 2.45) is 0 Å². The fourth-order valence-electron chi connectivity index (χ4n) is 2.92. The Hall–Kier alpha value is -2.04. The highest BCUT2D eigenvalue weighted by atomic mass is 16.6. The predicted octanol–water partition coefficient (Wildman–Crippen LogP) is 3.22. The van der Waals surface area contributed by atoms with Crippen LogP contribution >= 0.6 is 0 Å². The molecule has 0 radical (unpaired) electrons. The molecule has 0 bridgehead atoms. The average molecular weight is 318 g/mol. The largest absolute Gasteiger partial charge is 0.444 e. The first-order chi connectivity index (χ1) is 10.7. The zero-order valence-corrected chi connectivity index (χ0v) is 14.6. The van der Waals surface area contributed by atoms with E-state index in [9.17, 15) is 9.59 Å². The summed E-state index contributed by atoms with van der Waals surface area (Å²) in [6.07, 6.45) is 0.979. The van der Waals surface area contributed by atoms with Gasteiger partial charge in [0.2, 0.25) is 5.91 Å². The van der Waals surface area contributed by atoms with Crippen LogP contribution in [0.2, 0.25) is 0 Å². The second-order valence-corrected chi connectivity index (χ2v) is 7.14. The lowest BCUT2D eigenvalue weighted by Crippen LogP contribution is -2.48. The van der Waals surface area contributed by atoms with E-state index in [0.29, 0.717) is 6.42 Å². The van der Waals surface area contributed by atoms with E-state index in [1.54, 1.807) is 19.0 Å². The Labute approximate surface area is 138 Å². The summed E-state index contributed by atoms with van der Waals surface area (Å²) in [7, 11) is 3.43. The molecule has 0 unspecified atom stereocenters. The lowest BCUT2D eigenvalue weighted by Gasteiger charge is -2.33. The van der Waals surface area contributed by atoms with Gasteiger partial charge < -0.3 is 9.64 Å². The standard InChI is InChI=1S/C18H26N2O3/c1-18(2,3)23-17(22)20-14(13-9-7-6-8-10-13)11-12-15(20)16(21)19(4)5/h6-10,14-15H,11-12H2,1-5H3/t14-,15+/m1/s1. The van der Waals surface area contributed by atoms with Gasteiger partial charge in [-0.3, -0.25) is 9.69 Å². The summed E-state index contributed by atoms with van der Waals surface area (Å²) < 4.78 is 5.55. The molecule has 1 aromatic rings. The summed E-state index contributed by atoms with van der Waals surface area (Å²) in [5.41, 5.74) is 0.444. The first-order valence-electron chi connectivity index (χ1n) is 7.98. The predicted molar refractivity (Wildman–Crippen MR) is 89.0 cm³/mol. The van der Waals surface area contributed by atoms with Crippen LogP contribution < -0.4 is 0 Å². The molecule has 0 N–H and O–H groups in total. The van der Waals surface area contributed by atoms with Gasteiger partial charge in [-0.2, -0.15) is 0 Å². The number of carbonyl (C=O) groups is 2. The number of amides is 2. The number of likely N-dealkylation sites (N-methyl/N-ethyl adjacent to an activating group) is 1. The molecule has 1 heterocycles. The lowest BCUT2D eigenvalue weighted by atomic mass is 10.1. The van der Waals surface area contributed by atoms with Crippen LogP contribution in [0.4, 0.5) is 4.79 Å². The van der Waals surface area contributed by atoms with Gasteiger partial charge in [0.05, 0.1) is 6.04 Å². The monoisotopic (exact) mass is 318 g/mol. The van der Waals surface area contributed by atoms with Crippen molar-refractivity contribution in [1.82, 2.24) is 9.80 Å². The normalized spacial score (nSPS) is 21.2. The Kier molecular flexibility index (Phi) is 4.97. The molecule has 2 amide bonds. The van der Waals surface area contributed by atoms with Crippen molar-refractivity contribution >= 4 is 12.0 Å². The number of likely N-dealkylation sites (tertiary alicyclic amines) is 1. The molecule has 0 aliphatic carbocycles. The van der Waals surface area contributed by atoms with Gasteiger partial charge in [0, 0.05) is 14.1 Å². The molecule has 1 saturated heterocycles. The number of ether oxygens (including phenoxy) is 1. The van der Waals surface area contributed by atoms with Gasteiger partial charge in [-0.1, -0.05) is 30.3 Å². The Balaban J connectivity index is 2.32. The van der Waals surface area contributed by atoms with Crippen LogP contribution in [0.1, 0.15) is 45.2 Å². The summed E-state index contributed by atoms with van der Waals surface area (Å²) >= 11 is 0. The van der Waals surface area contributed by atoms with Crippen molar-refractivity contribution in [1.29, 1.82) is 0 Å². The quantitative estimate of drug-likeness (QED) is 0.841. The van der Waals surface area contributed by atoms with Gasteiger partial charge in [0.1, 0.15) is 11.6 Å². The highest BCUT2D eigenvalue weighted by Crippen LogP contribution is 2.37. The third kappa shape index (κ3) is 4.03. The van der Waals surface area contributed by atoms with Crippen molar-refractivity contribution in [2.75, 3.05) is 14.1 Å². The topological polar surface area (TPSA) is 49.9 Å². The third-order valence-corrected chi connectivity index (χ3v) is 3.90. The van der Waals surface area contributed by atoms with Gasteiger partial charge in [0.25, 0.3) is 0 Å². The van der Waals surface area contributed by atoms with Gasteiger partial charge in [0.15, 0.2) is 0 Å². The van der Waals surface area contributed by atoms with E-state index in [0.717, 1.165) is 12.0 Å². The minimum Gasteiger partial charge on any atom is -0.444 e. The van der Waals surface area contributed by atoms with E-state index in [1.165, 1.54) is 4.90 Å². The van der Waals surface area contributed by atoms with E-state index in [-0.39, 0.29) is 11.9 Å². The Bertz CT molecular complexity index is 563. The molecule has 0 spiro atoms. The van der Waals surface area contributed by atoms with Crippen LogP contribution in [-0.2, 0) is 9.53 Å². The van der Waals surface area contributed by atoms with Gasteiger partial charge in [-0.05, 0) is 39.2 Å². The highest BCUT2D eigenvalue weighted by molar-refractivity contribution is 5.86. The number of hydrogen-bond acceptors (Lipinski definition) is 3. The van der Waals surface area contributed by atoms with Gasteiger partial charge >= 0.3 is 6.09 Å². The van der Waals surface area contributed by atoms with Crippen LogP contribution in [-0.4, -0.2) is 47.5 Å². The zero-order valence-electron chi connectivity index (χ0n) is 14.6. The molecule has 1 fully saturated rings. The van der Waals surface area contributed by atoms with Crippen molar-refractivity contribution in [2.45, 2.75) is 51.3 Å². The summed E-state index contributed by atoms with van der Waals surface area (Å²) in [5, 5.41) is 0. The van der Waals surface area contributed by atoms with Crippen LogP contribution in [0.5, 0.6) is 0 Å². The molecule has 1 aliphatic rings. The summed E-state index contributed by atoms with van der Waals surface area (Å²) in [4.78, 5) is 28.3. The molecule has 0 saturated carbocycles. The number of rotatable bonds is 2. The molecule has 5 heteroatoms. The first-order valence-corrected chi connectivity index (χ1v) is 7.98. The van der Waals surface area contributed by atoms with Gasteiger partial charge in [-0.15, -0.1) is 0 Å². The summed E-state index contributed by atoms with van der Waals surface area (Å²) in [6, 6.07) is 9.23. The van der Waals surface area contributed by atoms with E-state index >= 15 is 0 Å². The molecule has 126 valence electrons. The second kappa shape index (κ2) is 6.60. The Morgan fingerprint density at radius 3 is 2.26 bits per heavy atom. The van der Waals surface area contributed by atoms with Crippen LogP contribution in [0.25, 0.3) is 0 Å². The third-order valence-electron chi connectivity index (χ3n) is 3.90. The summed E-state index contributed by atoms with van der Waals surface area (Å²) in [5.74, 6) is -0.0608. The van der Waals surface area contributed by atoms with Gasteiger partial charge in [-0.25, -0.2) is 4.79 Å². The summed E-state index contributed by atoms with van der Waals surface area (Å²) in [6.45, 7) is 5.50. The molecule has 2 atom stereocenters. The van der Waals surface area contributed by atoms with Crippen LogP contribution in [0.3, 0.4) is 0 Å². The molecular weight excluding hydrogens is 292 g/mol. The fraction of sp³-hybridized carbons (Fsp3) is 0.556. The van der Waals surface area contributed by atoms with Crippen molar-refractivity contribution in [3.8, 4) is 0 Å². The maximum atomic E-state index is 12.7. The molecular formula is C18H26N2O3. The Morgan fingerprint density at radius 1 is 1.13 bits per heavy atom. The lowest BCUT2D eigenvalue weighted by molar-refractivity contribution is -0.133. The van der Waals surface area contributed by atoms with E-state index in [1.807, 2.05) is 51.1 Å². The number of carbonyl (C=O) groups excluding carboxylic acids is 2. The first kappa shape index (κ1) is 17.3. The van der Waals surface area contributed by atoms with E-state index < -0.39 is 17.7 Å². The smallest absolute Gasteiger partial charge is 0.411 e. The molecule has 2 rings (SSSR count). The van der Waals surface area contributed by atoms with Crippen molar-refractivity contribution in [3.63, 3.8) is 0 Å². The molecule has 23 heavy (non-hydrogen) atoms. The van der Waals surface area contributed by atoms with E-state index in [4.69, 9.17) is 4.74 Å². The highest BCUT2D eigenvalue weighted by Gasteiger charge is 2.43. The average Bonchev–Trinajstić information content (AvgIpc) is 2.90. The minimum atomic E-state index is -0.591.